The maximum absolute atomic E-state index is 10.3. The Kier molecular flexibility index (Phi) is 8.31. The molecule has 5 atom stereocenters. The molecule has 0 saturated carbocycles. The first-order valence-electron chi connectivity index (χ1n) is 10.1. The summed E-state index contributed by atoms with van der Waals surface area (Å²) < 4.78 is 7.21. The number of aromatic nitrogens is 2. The van der Waals surface area contributed by atoms with Gasteiger partial charge in [-0.15, -0.1) is 12.6 Å². The number of thiocarbonyl (C=S) groups is 1. The molecule has 2 aliphatic rings. The van der Waals surface area contributed by atoms with Gasteiger partial charge >= 0.3 is 0 Å². The zero-order chi connectivity index (χ0) is 21.7. The highest BCUT2D eigenvalue weighted by atomic mass is 32.1. The van der Waals surface area contributed by atoms with Crippen LogP contribution < -0.4 is 16.0 Å². The van der Waals surface area contributed by atoms with Gasteiger partial charge in [0.1, 0.15) is 35.2 Å². The van der Waals surface area contributed by atoms with Crippen LogP contribution in [-0.2, 0) is 4.74 Å². The Bertz CT molecular complexity index is 761. The number of nitrogens with zero attached hydrogens (tertiary/aromatic N) is 3. The highest BCUT2D eigenvalue weighted by Gasteiger charge is 2.44. The minimum Gasteiger partial charge on any atom is -0.394 e. The fraction of sp³-hybridized carbons (Fsp3) is 0.722. The summed E-state index contributed by atoms with van der Waals surface area (Å²) in [5.41, 5.74) is 0.636. The second kappa shape index (κ2) is 10.7. The predicted octanol–water partition coefficient (Wildman–Crippen LogP) is 0.291. The molecule has 0 spiro atoms. The van der Waals surface area contributed by atoms with Gasteiger partial charge in [0.2, 0.25) is 0 Å². The number of rotatable bonds is 9. The summed E-state index contributed by atoms with van der Waals surface area (Å²) in [6.45, 7) is 3.06. The molecule has 3 heterocycles. The smallest absolute Gasteiger partial charge is 0.198 e. The maximum Gasteiger partial charge on any atom is 0.198 e. The summed E-state index contributed by atoms with van der Waals surface area (Å²) in [5, 5.41) is 38.8. The van der Waals surface area contributed by atoms with Gasteiger partial charge in [-0.25, -0.2) is 4.98 Å². The van der Waals surface area contributed by atoms with E-state index in [1.54, 1.807) is 4.57 Å². The Labute approximate surface area is 186 Å². The van der Waals surface area contributed by atoms with Gasteiger partial charge < -0.3 is 36.0 Å². The molecule has 6 N–H and O–H groups in total. The van der Waals surface area contributed by atoms with E-state index in [0.717, 1.165) is 37.2 Å². The minimum atomic E-state index is -1.19. The van der Waals surface area contributed by atoms with Crippen LogP contribution in [0.1, 0.15) is 49.9 Å². The van der Waals surface area contributed by atoms with Gasteiger partial charge in [0.05, 0.1) is 17.9 Å². The third-order valence-electron chi connectivity index (χ3n) is 5.11. The van der Waals surface area contributed by atoms with Gasteiger partial charge in [-0.05, 0) is 19.8 Å². The lowest BCUT2D eigenvalue weighted by Gasteiger charge is -2.26. The van der Waals surface area contributed by atoms with Crippen molar-refractivity contribution in [2.45, 2.75) is 62.5 Å². The standard InChI is InChI=1S/C18H30N6O4S2/c1-10(29)19-6-4-2-3-5-7-20-18-22-15-12(16(30)23-18)21-9-24(15)17-14(27)13(26)11(8-25)28-17/h9,11,13-14,16-17,25-27,30H,2-8H2,1H3,(H,19,29)(H2,20,22,23)/t11-,13?,14?,16?,17-/m1/s1. The summed E-state index contributed by atoms with van der Waals surface area (Å²) in [7, 11) is 0. The molecule has 0 amide bonds. The van der Waals surface area contributed by atoms with Crippen LogP contribution in [0, 0.1) is 0 Å². The largest absolute Gasteiger partial charge is 0.394 e. The van der Waals surface area contributed by atoms with E-state index in [0.29, 0.717) is 24.0 Å². The number of aliphatic imine (C=N–C) groups is 1. The first kappa shape index (κ1) is 23.2. The summed E-state index contributed by atoms with van der Waals surface area (Å²) in [6, 6.07) is 0. The predicted molar refractivity (Wildman–Crippen MR) is 121 cm³/mol. The van der Waals surface area contributed by atoms with E-state index in [1.807, 2.05) is 6.92 Å². The van der Waals surface area contributed by atoms with Crippen LogP contribution in [0.3, 0.4) is 0 Å². The van der Waals surface area contributed by atoms with Gasteiger partial charge in [-0.1, -0.05) is 25.1 Å². The van der Waals surface area contributed by atoms with Crippen molar-refractivity contribution in [3.8, 4) is 0 Å². The summed E-state index contributed by atoms with van der Waals surface area (Å²) in [4.78, 5) is 9.73. The van der Waals surface area contributed by atoms with Gasteiger partial charge in [0.15, 0.2) is 12.2 Å². The molecule has 30 heavy (non-hydrogen) atoms. The first-order valence-corrected chi connectivity index (χ1v) is 11.0. The van der Waals surface area contributed by atoms with Gasteiger partial charge in [0.25, 0.3) is 0 Å². The summed E-state index contributed by atoms with van der Waals surface area (Å²) >= 11 is 9.52. The summed E-state index contributed by atoms with van der Waals surface area (Å²) in [6.07, 6.45) is 1.65. The fourth-order valence-electron chi connectivity index (χ4n) is 3.48. The van der Waals surface area contributed by atoms with Crippen LogP contribution >= 0.6 is 24.8 Å². The van der Waals surface area contributed by atoms with Crippen LogP contribution in [0.2, 0.25) is 0 Å². The third-order valence-corrected chi connectivity index (χ3v) is 5.63. The van der Waals surface area contributed by atoms with Crippen molar-refractivity contribution in [3.63, 3.8) is 0 Å². The van der Waals surface area contributed by atoms with Crippen LogP contribution in [0.5, 0.6) is 0 Å². The van der Waals surface area contributed by atoms with Crippen molar-refractivity contribution in [2.75, 3.05) is 25.0 Å². The van der Waals surface area contributed by atoms with Crippen molar-refractivity contribution in [1.29, 1.82) is 0 Å². The van der Waals surface area contributed by atoms with E-state index in [1.165, 1.54) is 6.33 Å². The molecule has 3 rings (SSSR count). The second-order valence-electron chi connectivity index (χ2n) is 7.41. The molecule has 0 aromatic carbocycles. The fourth-order valence-corrected chi connectivity index (χ4v) is 3.90. The molecule has 0 radical (unpaired) electrons. The molecule has 1 aromatic heterocycles. The molecule has 2 aliphatic heterocycles. The topological polar surface area (TPSA) is 136 Å². The molecule has 0 aliphatic carbocycles. The molecular weight excluding hydrogens is 428 g/mol. The Morgan fingerprint density at radius 2 is 2.10 bits per heavy atom. The van der Waals surface area contributed by atoms with E-state index in [2.05, 4.69) is 38.6 Å². The van der Waals surface area contributed by atoms with E-state index >= 15 is 0 Å². The van der Waals surface area contributed by atoms with Crippen molar-refractivity contribution in [2.24, 2.45) is 4.99 Å². The van der Waals surface area contributed by atoms with E-state index in [9.17, 15) is 15.3 Å². The molecule has 3 unspecified atom stereocenters. The minimum absolute atomic E-state index is 0.373. The van der Waals surface area contributed by atoms with Crippen molar-refractivity contribution in [1.82, 2.24) is 20.2 Å². The number of unbranched alkanes of at least 4 members (excludes halogenated alkanes) is 3. The molecule has 12 heteroatoms. The number of nitrogens with one attached hydrogen (secondary N) is 3. The Balaban J connectivity index is 1.55. The quantitative estimate of drug-likeness (QED) is 0.158. The molecule has 168 valence electrons. The lowest BCUT2D eigenvalue weighted by atomic mass is 10.1. The van der Waals surface area contributed by atoms with Crippen molar-refractivity contribution < 1.29 is 20.1 Å². The number of anilines is 1. The van der Waals surface area contributed by atoms with Crippen molar-refractivity contribution >= 4 is 41.6 Å². The molecule has 1 fully saturated rings. The highest BCUT2D eigenvalue weighted by molar-refractivity contribution is 7.80. The third kappa shape index (κ3) is 5.42. The number of thiol groups is 1. The lowest BCUT2D eigenvalue weighted by Crippen LogP contribution is -2.39. The first-order chi connectivity index (χ1) is 14.4. The molecule has 0 bridgehead atoms. The van der Waals surface area contributed by atoms with Gasteiger partial charge in [-0.2, -0.15) is 0 Å². The number of aliphatic hydroxyl groups is 3. The zero-order valence-electron chi connectivity index (χ0n) is 16.9. The Morgan fingerprint density at radius 3 is 2.80 bits per heavy atom. The van der Waals surface area contributed by atoms with Crippen LogP contribution in [0.15, 0.2) is 11.3 Å². The number of ether oxygens (including phenoxy) is 1. The SMILES string of the molecule is CC(=S)NCCCCCCN=C1Nc2c(ncn2[C@@H]2O[C@H](CO)C(O)C2O)C(S)N1. The average molecular weight is 459 g/mol. The number of imidazole rings is 1. The normalized spacial score (nSPS) is 29.4. The van der Waals surface area contributed by atoms with Crippen LogP contribution in [0.4, 0.5) is 5.82 Å². The Hall–Kier alpha value is -1.44. The monoisotopic (exact) mass is 458 g/mol. The second-order valence-corrected chi connectivity index (χ2v) is 8.54. The number of hydrogen-bond donors (Lipinski definition) is 7. The molecular formula is C18H30N6O4S2. The number of guanidine groups is 1. The van der Waals surface area contributed by atoms with E-state index < -0.39 is 24.5 Å². The number of fused-ring (bicyclic) bond motifs is 1. The average Bonchev–Trinajstić information content (AvgIpc) is 3.25. The van der Waals surface area contributed by atoms with Gasteiger partial charge in [-0.3, -0.25) is 9.56 Å². The molecule has 1 aromatic rings. The van der Waals surface area contributed by atoms with Crippen LogP contribution in [-0.4, -0.2) is 73.8 Å². The lowest BCUT2D eigenvalue weighted by molar-refractivity contribution is -0.0518. The summed E-state index contributed by atoms with van der Waals surface area (Å²) in [5.74, 6) is 1.15. The van der Waals surface area contributed by atoms with Crippen LogP contribution in [0.25, 0.3) is 0 Å². The van der Waals surface area contributed by atoms with E-state index in [4.69, 9.17) is 17.0 Å². The molecule has 1 saturated heterocycles. The molecule has 10 nitrogen and oxygen atoms in total. The highest BCUT2D eigenvalue weighted by Crippen LogP contribution is 2.36. The van der Waals surface area contributed by atoms with Crippen molar-refractivity contribution in [3.05, 3.63) is 12.0 Å². The number of hydrogen-bond acceptors (Lipinski definition) is 8. The van der Waals surface area contributed by atoms with Gasteiger partial charge in [0, 0.05) is 13.1 Å². The van der Waals surface area contributed by atoms with E-state index in [-0.39, 0.29) is 12.0 Å². The Morgan fingerprint density at radius 1 is 1.33 bits per heavy atom. The maximum atomic E-state index is 10.3. The zero-order valence-corrected chi connectivity index (χ0v) is 18.6. The number of aliphatic hydroxyl groups excluding tert-OH is 3.